The molecule has 1 fully saturated rings. The lowest BCUT2D eigenvalue weighted by molar-refractivity contribution is -0.124. The van der Waals surface area contributed by atoms with Crippen LogP contribution in [0.2, 0.25) is 0 Å². The Kier molecular flexibility index (Phi) is 6.24. The Morgan fingerprint density at radius 2 is 2.07 bits per heavy atom. The van der Waals surface area contributed by atoms with E-state index in [1.807, 2.05) is 37.3 Å². The van der Waals surface area contributed by atoms with E-state index in [1.165, 1.54) is 0 Å². The zero-order valence-electron chi connectivity index (χ0n) is 15.7. The number of amides is 1. The topological polar surface area (TPSA) is 82.5 Å². The summed E-state index contributed by atoms with van der Waals surface area (Å²) in [4.78, 5) is 24.3. The first-order valence-electron chi connectivity index (χ1n) is 9.18. The summed E-state index contributed by atoms with van der Waals surface area (Å²) in [5.41, 5.74) is 2.82. The Morgan fingerprint density at radius 3 is 2.78 bits per heavy atom. The van der Waals surface area contributed by atoms with Crippen LogP contribution in [-0.2, 0) is 20.8 Å². The lowest BCUT2D eigenvalue weighted by Gasteiger charge is -2.11. The van der Waals surface area contributed by atoms with Crippen LogP contribution in [0, 0.1) is 13.8 Å². The van der Waals surface area contributed by atoms with Crippen molar-refractivity contribution < 1.29 is 19.1 Å². The third kappa shape index (κ3) is 4.95. The summed E-state index contributed by atoms with van der Waals surface area (Å²) in [7, 11) is 0. The highest BCUT2D eigenvalue weighted by Gasteiger charge is 2.21. The Hall–Kier alpha value is -2.67. The molecule has 1 aliphatic heterocycles. The van der Waals surface area contributed by atoms with Gasteiger partial charge in [0.05, 0.1) is 24.0 Å². The van der Waals surface area contributed by atoms with E-state index < -0.39 is 5.97 Å². The molecular formula is C20H25N3O4. The Labute approximate surface area is 158 Å². The molecule has 7 nitrogen and oxygen atoms in total. The molecule has 7 heteroatoms. The number of carbonyl (C=O) groups excluding carboxylic acids is 2. The number of hydrogen-bond acceptors (Lipinski definition) is 5. The van der Waals surface area contributed by atoms with E-state index in [0.717, 1.165) is 30.7 Å². The van der Waals surface area contributed by atoms with E-state index in [0.29, 0.717) is 24.3 Å². The highest BCUT2D eigenvalue weighted by molar-refractivity contribution is 5.93. The van der Waals surface area contributed by atoms with E-state index in [1.54, 1.807) is 11.6 Å². The first-order valence-corrected chi connectivity index (χ1v) is 9.18. The number of nitrogens with zero attached hydrogens (tertiary/aromatic N) is 2. The fourth-order valence-electron chi connectivity index (χ4n) is 3.19. The van der Waals surface area contributed by atoms with Gasteiger partial charge in [-0.05, 0) is 32.3 Å². The second kappa shape index (κ2) is 8.81. The monoisotopic (exact) mass is 371 g/mol. The second-order valence-electron chi connectivity index (χ2n) is 6.70. The average Bonchev–Trinajstić information content (AvgIpc) is 3.27. The van der Waals surface area contributed by atoms with Gasteiger partial charge in [-0.15, -0.1) is 0 Å². The summed E-state index contributed by atoms with van der Waals surface area (Å²) in [5, 5.41) is 7.18. The SMILES string of the molecule is Cc1nn(Cc2ccccc2)c(C)c1C(=O)OCC(=O)NC[C@@H]1CCCO1. The Balaban J connectivity index is 1.55. The normalized spacial score (nSPS) is 16.3. The van der Waals surface area contributed by atoms with Crippen LogP contribution < -0.4 is 5.32 Å². The number of aryl methyl sites for hydroxylation is 1. The predicted molar refractivity (Wildman–Crippen MR) is 99.5 cm³/mol. The smallest absolute Gasteiger partial charge is 0.342 e. The second-order valence-corrected chi connectivity index (χ2v) is 6.70. The summed E-state index contributed by atoms with van der Waals surface area (Å²) in [6.07, 6.45) is 2.02. The fraction of sp³-hybridized carbons (Fsp3) is 0.450. The molecule has 3 rings (SSSR count). The zero-order valence-corrected chi connectivity index (χ0v) is 15.7. The van der Waals surface area contributed by atoms with Crippen molar-refractivity contribution in [3.63, 3.8) is 0 Å². The van der Waals surface area contributed by atoms with Crippen LogP contribution in [-0.4, -0.2) is 47.5 Å². The highest BCUT2D eigenvalue weighted by atomic mass is 16.5. The maximum atomic E-state index is 12.4. The van der Waals surface area contributed by atoms with Gasteiger partial charge in [-0.25, -0.2) is 4.79 Å². The van der Waals surface area contributed by atoms with Crippen LogP contribution in [0.5, 0.6) is 0 Å². The number of benzene rings is 1. The molecular weight excluding hydrogens is 346 g/mol. The lowest BCUT2D eigenvalue weighted by atomic mass is 10.2. The van der Waals surface area contributed by atoms with Gasteiger partial charge in [0.2, 0.25) is 0 Å². The van der Waals surface area contributed by atoms with Crippen LogP contribution in [0.4, 0.5) is 0 Å². The molecule has 27 heavy (non-hydrogen) atoms. The maximum Gasteiger partial charge on any atom is 0.342 e. The molecule has 1 saturated heterocycles. The van der Waals surface area contributed by atoms with Gasteiger partial charge in [0.1, 0.15) is 5.56 Å². The van der Waals surface area contributed by atoms with E-state index in [4.69, 9.17) is 9.47 Å². The number of hydrogen-bond donors (Lipinski definition) is 1. The minimum Gasteiger partial charge on any atom is -0.452 e. The van der Waals surface area contributed by atoms with Gasteiger partial charge >= 0.3 is 5.97 Å². The standard InChI is InChI=1S/C20H25N3O4/c1-14-19(15(2)23(22-14)12-16-7-4-3-5-8-16)20(25)27-13-18(24)21-11-17-9-6-10-26-17/h3-5,7-8,17H,6,9-13H2,1-2H3,(H,21,24)/t17-/m0/s1. The van der Waals surface area contributed by atoms with E-state index >= 15 is 0 Å². The molecule has 0 unspecified atom stereocenters. The molecule has 1 atom stereocenters. The first-order chi connectivity index (χ1) is 13.0. The van der Waals surface area contributed by atoms with Crippen molar-refractivity contribution in [3.05, 3.63) is 52.8 Å². The van der Waals surface area contributed by atoms with Crippen molar-refractivity contribution in [2.45, 2.75) is 39.3 Å². The minimum absolute atomic E-state index is 0.0605. The quantitative estimate of drug-likeness (QED) is 0.753. The van der Waals surface area contributed by atoms with Gasteiger partial charge in [0.25, 0.3) is 5.91 Å². The third-order valence-electron chi connectivity index (χ3n) is 4.65. The number of esters is 1. The molecule has 1 aliphatic rings. The molecule has 0 spiro atoms. The van der Waals surface area contributed by atoms with Crippen molar-refractivity contribution in [2.75, 3.05) is 19.8 Å². The van der Waals surface area contributed by atoms with E-state index in [2.05, 4.69) is 10.4 Å². The van der Waals surface area contributed by atoms with Gasteiger partial charge in [0, 0.05) is 13.2 Å². The van der Waals surface area contributed by atoms with Crippen LogP contribution >= 0.6 is 0 Å². The number of aromatic nitrogens is 2. The minimum atomic E-state index is -0.531. The largest absolute Gasteiger partial charge is 0.452 e. The molecule has 1 aromatic heterocycles. The number of ether oxygens (including phenoxy) is 2. The summed E-state index contributed by atoms with van der Waals surface area (Å²) in [5.74, 6) is -0.859. The molecule has 2 aromatic rings. The van der Waals surface area contributed by atoms with Crippen molar-refractivity contribution in [1.29, 1.82) is 0 Å². The summed E-state index contributed by atoms with van der Waals surface area (Å²) in [6.45, 7) is 5.04. The van der Waals surface area contributed by atoms with Crippen molar-refractivity contribution in [3.8, 4) is 0 Å². The maximum absolute atomic E-state index is 12.4. The number of carbonyl (C=O) groups is 2. The average molecular weight is 371 g/mol. The molecule has 1 aromatic carbocycles. The molecule has 144 valence electrons. The zero-order chi connectivity index (χ0) is 19.2. The summed E-state index contributed by atoms with van der Waals surface area (Å²) in [6, 6.07) is 9.90. The molecule has 0 radical (unpaired) electrons. The number of nitrogens with one attached hydrogen (secondary N) is 1. The lowest BCUT2D eigenvalue weighted by Crippen LogP contribution is -2.34. The van der Waals surface area contributed by atoms with Gasteiger partial charge in [0.15, 0.2) is 6.61 Å². The van der Waals surface area contributed by atoms with E-state index in [-0.39, 0.29) is 18.6 Å². The van der Waals surface area contributed by atoms with E-state index in [9.17, 15) is 9.59 Å². The Morgan fingerprint density at radius 1 is 1.30 bits per heavy atom. The van der Waals surface area contributed by atoms with Crippen molar-refractivity contribution in [2.24, 2.45) is 0 Å². The molecule has 1 N–H and O–H groups in total. The summed E-state index contributed by atoms with van der Waals surface area (Å²) >= 11 is 0. The van der Waals surface area contributed by atoms with Crippen LogP contribution in [0.25, 0.3) is 0 Å². The molecule has 1 amide bonds. The predicted octanol–water partition coefficient (Wildman–Crippen LogP) is 2.00. The van der Waals surface area contributed by atoms with Crippen LogP contribution in [0.3, 0.4) is 0 Å². The molecule has 0 saturated carbocycles. The molecule has 2 heterocycles. The van der Waals surface area contributed by atoms with Gasteiger partial charge in [-0.3, -0.25) is 9.48 Å². The molecule has 0 aliphatic carbocycles. The molecule has 0 bridgehead atoms. The Bertz CT molecular complexity index is 795. The van der Waals surface area contributed by atoms with Gasteiger partial charge in [-0.1, -0.05) is 30.3 Å². The van der Waals surface area contributed by atoms with Crippen molar-refractivity contribution in [1.82, 2.24) is 15.1 Å². The van der Waals surface area contributed by atoms with Crippen molar-refractivity contribution >= 4 is 11.9 Å². The first kappa shape index (κ1) is 19.1. The summed E-state index contributed by atoms with van der Waals surface area (Å²) < 4.78 is 12.4. The van der Waals surface area contributed by atoms with Crippen LogP contribution in [0.1, 0.15) is 40.2 Å². The van der Waals surface area contributed by atoms with Gasteiger partial charge in [-0.2, -0.15) is 5.10 Å². The highest BCUT2D eigenvalue weighted by Crippen LogP contribution is 2.16. The fourth-order valence-corrected chi connectivity index (χ4v) is 3.19. The van der Waals surface area contributed by atoms with Gasteiger partial charge < -0.3 is 14.8 Å². The number of rotatable bonds is 7. The van der Waals surface area contributed by atoms with Crippen LogP contribution in [0.15, 0.2) is 30.3 Å². The third-order valence-corrected chi connectivity index (χ3v) is 4.65.